The normalized spacial score (nSPS) is 26.8. The van der Waals surface area contributed by atoms with E-state index in [1.54, 1.807) is 6.92 Å². The van der Waals surface area contributed by atoms with Gasteiger partial charge < -0.3 is 40.0 Å². The summed E-state index contributed by atoms with van der Waals surface area (Å²) in [5, 5.41) is 48.9. The summed E-state index contributed by atoms with van der Waals surface area (Å²) in [5.74, 6) is -3.16. The maximum Gasteiger partial charge on any atom is 0.202 e. The SMILES string of the molecule is COc1cccc2c1C(=O)c1c(O)c3c(c(O)c1C2=O)C[C@@](O)(C(C)=O)C[C@@H]3O[C@H]1C[C@H](O)[C@H](NCc2ccccc2)[C@H](C)O1.Cl. The zero-order chi connectivity index (χ0) is 32.2. The number of Topliss-reactive ketones (excluding diaryl/α,β-unsaturated/α-hetero) is 1. The average Bonchev–Trinajstić information content (AvgIpc) is 3.01. The van der Waals surface area contributed by atoms with Gasteiger partial charge in [-0.25, -0.2) is 0 Å². The molecular weight excluding hydrogens is 618 g/mol. The Morgan fingerprint density at radius 3 is 2.37 bits per heavy atom. The van der Waals surface area contributed by atoms with Crippen LogP contribution in [0.2, 0.25) is 0 Å². The molecule has 3 aromatic carbocycles. The molecule has 1 saturated heterocycles. The average molecular weight is 654 g/mol. The smallest absolute Gasteiger partial charge is 0.202 e. The number of hydrogen-bond acceptors (Lipinski definition) is 11. The second kappa shape index (κ2) is 12.7. The van der Waals surface area contributed by atoms with Crippen LogP contribution in [0, 0.1) is 0 Å². The molecular formula is C34H36ClNO10. The predicted molar refractivity (Wildman–Crippen MR) is 167 cm³/mol. The zero-order valence-corrected chi connectivity index (χ0v) is 26.3. The van der Waals surface area contributed by atoms with Gasteiger partial charge in [-0.2, -0.15) is 0 Å². The van der Waals surface area contributed by atoms with Gasteiger partial charge in [0.2, 0.25) is 5.78 Å². The van der Waals surface area contributed by atoms with Crippen molar-refractivity contribution >= 4 is 29.8 Å². The highest BCUT2D eigenvalue weighted by molar-refractivity contribution is 6.31. The van der Waals surface area contributed by atoms with E-state index in [9.17, 15) is 34.8 Å². The maximum atomic E-state index is 13.8. The number of halogens is 1. The first-order valence-electron chi connectivity index (χ1n) is 14.8. The number of phenolic OH excluding ortho intramolecular Hbond substituents is 2. The van der Waals surface area contributed by atoms with Gasteiger partial charge in [0.15, 0.2) is 17.9 Å². The molecule has 3 aromatic rings. The molecule has 0 amide bonds. The summed E-state index contributed by atoms with van der Waals surface area (Å²) >= 11 is 0. The fourth-order valence-corrected chi connectivity index (χ4v) is 6.74. The summed E-state index contributed by atoms with van der Waals surface area (Å²) in [6.07, 6.45) is -4.44. The van der Waals surface area contributed by atoms with Crippen molar-refractivity contribution in [2.75, 3.05) is 7.11 Å². The van der Waals surface area contributed by atoms with E-state index in [0.29, 0.717) is 6.54 Å². The van der Waals surface area contributed by atoms with Crippen LogP contribution in [-0.4, -0.2) is 75.0 Å². The number of phenols is 2. The molecule has 12 heteroatoms. The van der Waals surface area contributed by atoms with Crippen LogP contribution < -0.4 is 10.1 Å². The van der Waals surface area contributed by atoms with E-state index in [4.69, 9.17) is 14.2 Å². The number of carbonyl (C=O) groups is 3. The van der Waals surface area contributed by atoms with Crippen molar-refractivity contribution in [3.05, 3.63) is 87.5 Å². The van der Waals surface area contributed by atoms with Gasteiger partial charge in [0.1, 0.15) is 22.8 Å². The molecule has 0 aromatic heterocycles. The largest absolute Gasteiger partial charge is 0.507 e. The van der Waals surface area contributed by atoms with Gasteiger partial charge in [-0.3, -0.25) is 14.4 Å². The van der Waals surface area contributed by atoms with E-state index < -0.39 is 82.6 Å². The molecule has 6 rings (SSSR count). The number of aliphatic hydroxyl groups is 2. The number of carbonyl (C=O) groups excluding carboxylic acids is 3. The molecule has 244 valence electrons. The van der Waals surface area contributed by atoms with Crippen LogP contribution in [0.4, 0.5) is 0 Å². The summed E-state index contributed by atoms with van der Waals surface area (Å²) in [7, 11) is 1.35. The third kappa shape index (κ3) is 5.57. The van der Waals surface area contributed by atoms with Crippen LogP contribution in [-0.2, 0) is 27.2 Å². The van der Waals surface area contributed by atoms with Crippen molar-refractivity contribution in [2.24, 2.45) is 0 Å². The topological polar surface area (TPSA) is 172 Å². The number of methoxy groups -OCH3 is 1. The van der Waals surface area contributed by atoms with E-state index in [1.807, 2.05) is 30.3 Å². The van der Waals surface area contributed by atoms with Crippen LogP contribution >= 0.6 is 12.4 Å². The number of nitrogens with one attached hydrogen (secondary N) is 1. The number of aromatic hydroxyl groups is 2. The maximum absolute atomic E-state index is 13.8. The molecule has 2 aliphatic carbocycles. The quantitative estimate of drug-likeness (QED) is 0.185. The number of aliphatic hydroxyl groups excluding tert-OH is 1. The summed E-state index contributed by atoms with van der Waals surface area (Å²) in [4.78, 5) is 40.1. The highest BCUT2D eigenvalue weighted by Crippen LogP contribution is 2.52. The summed E-state index contributed by atoms with van der Waals surface area (Å²) in [5.41, 5.74) is -2.01. The van der Waals surface area contributed by atoms with E-state index in [0.717, 1.165) is 5.56 Å². The van der Waals surface area contributed by atoms with Gasteiger partial charge >= 0.3 is 0 Å². The Morgan fingerprint density at radius 2 is 1.72 bits per heavy atom. The first kappa shape index (κ1) is 33.5. The van der Waals surface area contributed by atoms with Crippen molar-refractivity contribution in [3.8, 4) is 17.2 Å². The Labute approximate surface area is 271 Å². The lowest BCUT2D eigenvalue weighted by Crippen LogP contribution is -2.55. The summed E-state index contributed by atoms with van der Waals surface area (Å²) in [6.45, 7) is 3.47. The Kier molecular flexibility index (Phi) is 9.29. The third-order valence-corrected chi connectivity index (χ3v) is 9.15. The lowest BCUT2D eigenvalue weighted by molar-refractivity contribution is -0.246. The monoisotopic (exact) mass is 653 g/mol. The van der Waals surface area contributed by atoms with Crippen LogP contribution in [0.1, 0.15) is 81.3 Å². The molecule has 1 aliphatic heterocycles. The standard InChI is InChI=1S/C34H35NO10.ClH/c1-16-29(35-15-18-8-5-4-6-9-18)21(37)12-24(44-16)45-23-14-34(42,17(2)36)13-20-26(23)33(41)28-27(31(20)39)30(38)19-10-7-11-22(43-3)25(19)32(28)40;/h4-11,16,21,23-24,29,35,37,39,41-42H,12-15H2,1-3H3;1H/t16-,21-,23-,24-,29+,34-;/m0./s1. The minimum atomic E-state index is -2.02. The molecule has 1 fully saturated rings. The minimum absolute atomic E-state index is 0. The number of fused-ring (bicyclic) bond motifs is 3. The Hall–Kier alpha value is -3.84. The third-order valence-electron chi connectivity index (χ3n) is 9.15. The van der Waals surface area contributed by atoms with Gasteiger partial charge in [-0.1, -0.05) is 42.5 Å². The fraction of sp³-hybridized carbons (Fsp3) is 0.382. The molecule has 11 nitrogen and oxygen atoms in total. The zero-order valence-electron chi connectivity index (χ0n) is 25.5. The molecule has 5 N–H and O–H groups in total. The number of hydrogen-bond donors (Lipinski definition) is 5. The fourth-order valence-electron chi connectivity index (χ4n) is 6.74. The first-order chi connectivity index (χ1) is 21.4. The lowest BCUT2D eigenvalue weighted by atomic mass is 9.72. The number of rotatable bonds is 7. The van der Waals surface area contributed by atoms with Crippen LogP contribution in [0.3, 0.4) is 0 Å². The van der Waals surface area contributed by atoms with Gasteiger partial charge in [0.05, 0.1) is 48.2 Å². The van der Waals surface area contributed by atoms with Crippen LogP contribution in [0.25, 0.3) is 0 Å². The molecule has 6 atom stereocenters. The van der Waals surface area contributed by atoms with E-state index in [1.165, 1.54) is 32.2 Å². The molecule has 1 heterocycles. The van der Waals surface area contributed by atoms with E-state index >= 15 is 0 Å². The van der Waals surface area contributed by atoms with Crippen molar-refractivity contribution in [1.29, 1.82) is 0 Å². The van der Waals surface area contributed by atoms with Gasteiger partial charge in [0, 0.05) is 42.5 Å². The molecule has 3 aliphatic rings. The van der Waals surface area contributed by atoms with Crippen molar-refractivity contribution in [1.82, 2.24) is 5.32 Å². The molecule has 0 bridgehead atoms. The minimum Gasteiger partial charge on any atom is -0.507 e. The highest BCUT2D eigenvalue weighted by atomic mass is 35.5. The molecule has 0 spiro atoms. The van der Waals surface area contributed by atoms with Gasteiger partial charge in [0.25, 0.3) is 0 Å². The lowest BCUT2D eigenvalue weighted by Gasteiger charge is -2.43. The second-order valence-corrected chi connectivity index (χ2v) is 11.9. The van der Waals surface area contributed by atoms with Crippen LogP contribution in [0.15, 0.2) is 48.5 Å². The number of ketones is 3. The van der Waals surface area contributed by atoms with Gasteiger partial charge in [-0.15, -0.1) is 12.4 Å². The van der Waals surface area contributed by atoms with Crippen molar-refractivity contribution < 1.29 is 49.0 Å². The summed E-state index contributed by atoms with van der Waals surface area (Å²) in [6, 6.07) is 13.7. The molecule has 0 saturated carbocycles. The first-order valence-corrected chi connectivity index (χ1v) is 14.8. The van der Waals surface area contributed by atoms with Crippen molar-refractivity contribution in [2.45, 2.75) is 75.9 Å². The van der Waals surface area contributed by atoms with Gasteiger partial charge in [-0.05, 0) is 25.5 Å². The summed E-state index contributed by atoms with van der Waals surface area (Å²) < 4.78 is 17.7. The Bertz CT molecular complexity index is 1680. The number of benzene rings is 3. The Morgan fingerprint density at radius 1 is 1.02 bits per heavy atom. The predicted octanol–water partition coefficient (Wildman–Crippen LogP) is 3.28. The molecule has 0 radical (unpaired) electrons. The van der Waals surface area contributed by atoms with Crippen LogP contribution in [0.5, 0.6) is 17.2 Å². The Balaban J connectivity index is 0.00000417. The second-order valence-electron chi connectivity index (χ2n) is 11.9. The van der Waals surface area contributed by atoms with E-state index in [2.05, 4.69) is 5.32 Å². The highest BCUT2D eigenvalue weighted by Gasteiger charge is 2.49. The molecule has 0 unspecified atom stereocenters. The van der Waals surface area contributed by atoms with E-state index in [-0.39, 0.29) is 53.3 Å². The van der Waals surface area contributed by atoms with Crippen molar-refractivity contribution in [3.63, 3.8) is 0 Å². The molecule has 46 heavy (non-hydrogen) atoms. The number of ether oxygens (including phenoxy) is 3.